The Morgan fingerprint density at radius 3 is 2.81 bits per heavy atom. The molecule has 0 bridgehead atoms. The number of halogens is 1. The predicted molar refractivity (Wildman–Crippen MR) is 104 cm³/mol. The number of aliphatic hydroxyl groups excluding tert-OH is 1. The summed E-state index contributed by atoms with van der Waals surface area (Å²) in [6, 6.07) is 16.3. The molecule has 0 amide bonds. The van der Waals surface area contributed by atoms with E-state index in [4.69, 9.17) is 16.3 Å². The van der Waals surface area contributed by atoms with Gasteiger partial charge in [0.1, 0.15) is 18.5 Å². The fourth-order valence-corrected chi connectivity index (χ4v) is 3.00. The van der Waals surface area contributed by atoms with E-state index in [2.05, 4.69) is 4.98 Å². The molecule has 3 rings (SSSR count). The Kier molecular flexibility index (Phi) is 5.93. The number of likely N-dealkylation sites (N-methyl/N-ethyl adjacent to an activating group) is 1. The molecule has 0 aliphatic rings. The molecule has 1 aromatic heterocycles. The number of hydrogen-bond donors (Lipinski definition) is 2. The Balaban J connectivity index is 1.53. The second-order valence-electron chi connectivity index (χ2n) is 6.32. The second-order valence-corrected chi connectivity index (χ2v) is 6.73. The van der Waals surface area contributed by atoms with Crippen LogP contribution >= 0.6 is 11.6 Å². The molecule has 1 atom stereocenters. The second kappa shape index (κ2) is 8.36. The van der Waals surface area contributed by atoms with Crippen molar-refractivity contribution in [1.82, 2.24) is 9.88 Å². The van der Waals surface area contributed by atoms with Crippen LogP contribution in [0.3, 0.4) is 0 Å². The number of aromatic nitrogens is 1. The van der Waals surface area contributed by atoms with Gasteiger partial charge < -0.3 is 14.8 Å². The minimum atomic E-state index is -0.631. The van der Waals surface area contributed by atoms with Gasteiger partial charge in [-0.05, 0) is 42.9 Å². The molecule has 2 N–H and O–H groups in total. The fraction of sp³-hybridized carbons (Fsp3) is 0.250. The number of pyridine rings is 1. The normalized spacial score (nSPS) is 12.5. The summed E-state index contributed by atoms with van der Waals surface area (Å²) in [4.78, 5) is 16.1. The van der Waals surface area contributed by atoms with Gasteiger partial charge >= 0.3 is 0 Å². The lowest BCUT2D eigenvalue weighted by molar-refractivity contribution is 0.0744. The average Bonchev–Trinajstić information content (AvgIpc) is 2.62. The highest BCUT2D eigenvalue weighted by molar-refractivity contribution is 6.31. The van der Waals surface area contributed by atoms with E-state index in [1.165, 1.54) is 6.07 Å². The molecule has 0 spiro atoms. The number of benzene rings is 2. The highest BCUT2D eigenvalue weighted by atomic mass is 35.5. The fourth-order valence-electron chi connectivity index (χ4n) is 2.81. The lowest BCUT2D eigenvalue weighted by Gasteiger charge is -2.21. The molecule has 0 radical (unpaired) electrons. The van der Waals surface area contributed by atoms with Crippen molar-refractivity contribution in [3.63, 3.8) is 0 Å². The van der Waals surface area contributed by atoms with E-state index in [0.29, 0.717) is 18.8 Å². The zero-order chi connectivity index (χ0) is 18.5. The third-order valence-corrected chi connectivity index (χ3v) is 4.43. The highest BCUT2D eigenvalue weighted by Crippen LogP contribution is 2.19. The molecule has 0 fully saturated rings. The molecule has 0 aliphatic heterocycles. The molecule has 5 nitrogen and oxygen atoms in total. The standard InChI is InChI=1S/C20H21ClN2O3/c1-23(11-15-4-2-3-5-18(15)21)12-16(24)13-26-17-7-8-19-14(10-17)6-9-20(25)22-19/h2-10,16,24H,11-13H2,1H3,(H,22,25). The van der Waals surface area contributed by atoms with Gasteiger partial charge in [-0.1, -0.05) is 29.8 Å². The van der Waals surface area contributed by atoms with Crippen LogP contribution in [0.15, 0.2) is 59.4 Å². The van der Waals surface area contributed by atoms with Crippen LogP contribution in [-0.4, -0.2) is 41.3 Å². The molecule has 0 saturated carbocycles. The summed E-state index contributed by atoms with van der Waals surface area (Å²) in [7, 11) is 1.93. The Hall–Kier alpha value is -2.34. The number of rotatable bonds is 7. The zero-order valence-corrected chi connectivity index (χ0v) is 15.2. The van der Waals surface area contributed by atoms with E-state index < -0.39 is 6.10 Å². The summed E-state index contributed by atoms with van der Waals surface area (Å²) in [5.74, 6) is 0.650. The van der Waals surface area contributed by atoms with Gasteiger partial charge in [0.15, 0.2) is 0 Å². The number of H-pyrrole nitrogens is 1. The first-order valence-corrected chi connectivity index (χ1v) is 8.75. The minimum absolute atomic E-state index is 0.136. The first-order valence-electron chi connectivity index (χ1n) is 8.37. The third-order valence-electron chi connectivity index (χ3n) is 4.06. The molecule has 6 heteroatoms. The molecule has 0 aliphatic carbocycles. The summed E-state index contributed by atoms with van der Waals surface area (Å²) in [6.45, 7) is 1.30. The number of nitrogens with zero attached hydrogens (tertiary/aromatic N) is 1. The first kappa shape index (κ1) is 18.5. The maximum Gasteiger partial charge on any atom is 0.248 e. The van der Waals surface area contributed by atoms with Crippen LogP contribution < -0.4 is 10.3 Å². The van der Waals surface area contributed by atoms with Gasteiger partial charge in [-0.15, -0.1) is 0 Å². The third kappa shape index (κ3) is 4.85. The quantitative estimate of drug-likeness (QED) is 0.669. The number of nitrogens with one attached hydrogen (secondary N) is 1. The van der Waals surface area contributed by atoms with Gasteiger partial charge in [0.05, 0.1) is 0 Å². The average molecular weight is 373 g/mol. The molecule has 1 unspecified atom stereocenters. The van der Waals surface area contributed by atoms with Crippen LogP contribution in [0.25, 0.3) is 10.9 Å². The van der Waals surface area contributed by atoms with Crippen molar-refractivity contribution in [2.45, 2.75) is 12.6 Å². The molecular weight excluding hydrogens is 352 g/mol. The Morgan fingerprint density at radius 1 is 1.19 bits per heavy atom. The van der Waals surface area contributed by atoms with Crippen molar-refractivity contribution in [1.29, 1.82) is 0 Å². The Bertz CT molecular complexity index is 941. The molecule has 26 heavy (non-hydrogen) atoms. The van der Waals surface area contributed by atoms with E-state index in [0.717, 1.165) is 21.5 Å². The van der Waals surface area contributed by atoms with Crippen LogP contribution in [0.2, 0.25) is 5.02 Å². The maximum absolute atomic E-state index is 11.3. The maximum atomic E-state index is 11.3. The SMILES string of the molecule is CN(Cc1ccccc1Cl)CC(O)COc1ccc2[nH]c(=O)ccc2c1. The van der Waals surface area contributed by atoms with Crippen LogP contribution in [0.5, 0.6) is 5.75 Å². The van der Waals surface area contributed by atoms with Crippen molar-refractivity contribution >= 4 is 22.5 Å². The molecular formula is C20H21ClN2O3. The highest BCUT2D eigenvalue weighted by Gasteiger charge is 2.11. The number of hydrogen-bond acceptors (Lipinski definition) is 4. The van der Waals surface area contributed by atoms with E-state index >= 15 is 0 Å². The summed E-state index contributed by atoms with van der Waals surface area (Å²) in [5.41, 5.74) is 1.64. The van der Waals surface area contributed by atoms with Gasteiger partial charge in [-0.3, -0.25) is 9.69 Å². The lowest BCUT2D eigenvalue weighted by atomic mass is 10.2. The number of aliphatic hydroxyl groups is 1. The van der Waals surface area contributed by atoms with Gasteiger partial charge in [-0.2, -0.15) is 0 Å². The Morgan fingerprint density at radius 2 is 2.00 bits per heavy atom. The van der Waals surface area contributed by atoms with Gasteiger partial charge in [0.2, 0.25) is 5.56 Å². The topological polar surface area (TPSA) is 65.6 Å². The van der Waals surface area contributed by atoms with Crippen molar-refractivity contribution in [2.24, 2.45) is 0 Å². The van der Waals surface area contributed by atoms with Crippen LogP contribution in [0.1, 0.15) is 5.56 Å². The molecule has 0 saturated heterocycles. The molecule has 3 aromatic rings. The number of aromatic amines is 1. The lowest BCUT2D eigenvalue weighted by Crippen LogP contribution is -2.32. The van der Waals surface area contributed by atoms with Crippen molar-refractivity contribution in [2.75, 3.05) is 20.2 Å². The van der Waals surface area contributed by atoms with E-state index in [1.807, 2.05) is 42.3 Å². The van der Waals surface area contributed by atoms with E-state index in [1.54, 1.807) is 18.2 Å². The van der Waals surface area contributed by atoms with Gasteiger partial charge in [0, 0.05) is 35.1 Å². The Labute approximate surface area is 156 Å². The minimum Gasteiger partial charge on any atom is -0.491 e. The van der Waals surface area contributed by atoms with Crippen molar-refractivity contribution in [3.05, 3.63) is 75.5 Å². The van der Waals surface area contributed by atoms with Crippen molar-refractivity contribution < 1.29 is 9.84 Å². The van der Waals surface area contributed by atoms with E-state index in [9.17, 15) is 9.90 Å². The summed E-state index contributed by atoms with van der Waals surface area (Å²) in [6.07, 6.45) is -0.631. The molecule has 1 heterocycles. The van der Waals surface area contributed by atoms with Crippen molar-refractivity contribution in [3.8, 4) is 5.75 Å². The number of fused-ring (bicyclic) bond motifs is 1. The number of ether oxygens (including phenoxy) is 1. The van der Waals surface area contributed by atoms with Gasteiger partial charge in [0.25, 0.3) is 0 Å². The summed E-state index contributed by atoms with van der Waals surface area (Å²) in [5, 5.41) is 11.8. The summed E-state index contributed by atoms with van der Waals surface area (Å²) < 4.78 is 5.69. The smallest absolute Gasteiger partial charge is 0.248 e. The first-order chi connectivity index (χ1) is 12.5. The monoisotopic (exact) mass is 372 g/mol. The largest absolute Gasteiger partial charge is 0.491 e. The van der Waals surface area contributed by atoms with Crippen LogP contribution in [0.4, 0.5) is 0 Å². The van der Waals surface area contributed by atoms with E-state index in [-0.39, 0.29) is 12.2 Å². The van der Waals surface area contributed by atoms with Gasteiger partial charge in [-0.25, -0.2) is 0 Å². The summed E-state index contributed by atoms with van der Waals surface area (Å²) >= 11 is 6.17. The van der Waals surface area contributed by atoms with Crippen LogP contribution in [-0.2, 0) is 6.54 Å². The molecule has 136 valence electrons. The van der Waals surface area contributed by atoms with Crippen LogP contribution in [0, 0.1) is 0 Å². The molecule has 2 aromatic carbocycles. The zero-order valence-electron chi connectivity index (χ0n) is 14.5. The predicted octanol–water partition coefficient (Wildman–Crippen LogP) is 3.05.